The first-order valence-electron chi connectivity index (χ1n) is 10.5. The van der Waals surface area contributed by atoms with Crippen molar-refractivity contribution in [2.24, 2.45) is 0 Å². The summed E-state index contributed by atoms with van der Waals surface area (Å²) in [5.41, 5.74) is 2.06. The molecule has 1 amide bonds. The molecule has 0 saturated carbocycles. The lowest BCUT2D eigenvalue weighted by Gasteiger charge is -2.35. The molecule has 7 heteroatoms. The standard InChI is InChI=1S/C23H26N4OS.ClH/c28-23-19-8-2-1-7-18(19)17-27(23)12-6-5-11-25-13-15-26(16-14-25)22-20-9-3-4-10-21(20)29-24-22;/h1-4,7-10H,5-6,11-17H2;1H. The number of hydrogen-bond acceptors (Lipinski definition) is 5. The predicted molar refractivity (Wildman–Crippen MR) is 126 cm³/mol. The molecule has 2 aromatic carbocycles. The van der Waals surface area contributed by atoms with Crippen LogP contribution in [0.2, 0.25) is 0 Å². The zero-order valence-corrected chi connectivity index (χ0v) is 18.6. The Labute approximate surface area is 187 Å². The Morgan fingerprint density at radius 1 is 0.900 bits per heavy atom. The Bertz CT molecular complexity index is 1020. The second kappa shape index (κ2) is 9.33. The Morgan fingerprint density at radius 2 is 1.63 bits per heavy atom. The molecule has 0 unspecified atom stereocenters. The summed E-state index contributed by atoms with van der Waals surface area (Å²) < 4.78 is 5.97. The molecule has 3 heterocycles. The van der Waals surface area contributed by atoms with Crippen LogP contribution < -0.4 is 4.90 Å². The second-order valence-electron chi connectivity index (χ2n) is 7.92. The van der Waals surface area contributed by atoms with Crippen LogP contribution in [0.25, 0.3) is 10.1 Å². The molecule has 30 heavy (non-hydrogen) atoms. The highest BCUT2D eigenvalue weighted by Crippen LogP contribution is 2.30. The highest BCUT2D eigenvalue weighted by atomic mass is 35.5. The monoisotopic (exact) mass is 442 g/mol. The maximum Gasteiger partial charge on any atom is 0.254 e. The number of amides is 1. The number of anilines is 1. The van der Waals surface area contributed by atoms with E-state index in [1.165, 1.54) is 15.6 Å². The molecular formula is C23H27ClN4OS. The molecule has 2 aliphatic rings. The van der Waals surface area contributed by atoms with Crippen molar-refractivity contribution in [2.45, 2.75) is 19.4 Å². The highest BCUT2D eigenvalue weighted by molar-refractivity contribution is 7.13. The zero-order chi connectivity index (χ0) is 19.6. The molecule has 1 saturated heterocycles. The van der Waals surface area contributed by atoms with Gasteiger partial charge in [0.15, 0.2) is 0 Å². The number of hydrogen-bond donors (Lipinski definition) is 0. The number of benzene rings is 2. The van der Waals surface area contributed by atoms with E-state index in [-0.39, 0.29) is 18.3 Å². The summed E-state index contributed by atoms with van der Waals surface area (Å²) in [4.78, 5) is 19.4. The average molecular weight is 443 g/mol. The third-order valence-corrected chi connectivity index (χ3v) is 6.90. The van der Waals surface area contributed by atoms with Crippen LogP contribution in [-0.2, 0) is 6.54 Å². The van der Waals surface area contributed by atoms with Crippen molar-refractivity contribution >= 4 is 45.8 Å². The van der Waals surface area contributed by atoms with Gasteiger partial charge in [-0.25, -0.2) is 0 Å². The molecule has 0 bridgehead atoms. The van der Waals surface area contributed by atoms with Crippen LogP contribution in [0.1, 0.15) is 28.8 Å². The van der Waals surface area contributed by atoms with E-state index in [0.29, 0.717) is 0 Å². The SMILES string of the molecule is Cl.O=C1c2ccccc2CN1CCCCN1CCN(c2nsc3ccccc23)CC1. The van der Waals surface area contributed by atoms with Crippen LogP contribution in [-0.4, -0.2) is 59.3 Å². The van der Waals surface area contributed by atoms with Crippen LogP contribution in [0.5, 0.6) is 0 Å². The number of nitrogens with zero attached hydrogens (tertiary/aromatic N) is 4. The fraction of sp³-hybridized carbons (Fsp3) is 0.391. The van der Waals surface area contributed by atoms with Crippen molar-refractivity contribution in [1.29, 1.82) is 0 Å². The van der Waals surface area contributed by atoms with Gasteiger partial charge in [-0.05, 0) is 54.7 Å². The minimum absolute atomic E-state index is 0. The fourth-order valence-corrected chi connectivity index (χ4v) is 5.21. The topological polar surface area (TPSA) is 39.7 Å². The first-order valence-corrected chi connectivity index (χ1v) is 11.3. The first kappa shape index (κ1) is 21.1. The van der Waals surface area contributed by atoms with Gasteiger partial charge in [-0.3, -0.25) is 9.69 Å². The van der Waals surface area contributed by atoms with Gasteiger partial charge in [0.25, 0.3) is 5.91 Å². The van der Waals surface area contributed by atoms with E-state index < -0.39 is 0 Å². The van der Waals surface area contributed by atoms with Crippen LogP contribution >= 0.6 is 23.9 Å². The number of rotatable bonds is 6. The lowest BCUT2D eigenvalue weighted by Crippen LogP contribution is -2.46. The highest BCUT2D eigenvalue weighted by Gasteiger charge is 2.26. The lowest BCUT2D eigenvalue weighted by molar-refractivity contribution is 0.0774. The number of piperazine rings is 1. The maximum atomic E-state index is 12.4. The summed E-state index contributed by atoms with van der Waals surface area (Å²) in [5, 5.41) is 1.28. The van der Waals surface area contributed by atoms with E-state index in [1.54, 1.807) is 11.5 Å². The Balaban J connectivity index is 0.00000218. The molecule has 2 aliphatic heterocycles. The smallest absolute Gasteiger partial charge is 0.254 e. The first-order chi connectivity index (χ1) is 14.3. The van der Waals surface area contributed by atoms with Crippen LogP contribution in [0.3, 0.4) is 0 Å². The second-order valence-corrected chi connectivity index (χ2v) is 8.73. The van der Waals surface area contributed by atoms with Gasteiger partial charge >= 0.3 is 0 Å². The Morgan fingerprint density at radius 3 is 2.47 bits per heavy atom. The summed E-state index contributed by atoms with van der Waals surface area (Å²) in [5.74, 6) is 1.35. The van der Waals surface area contributed by atoms with Gasteiger partial charge in [0, 0.05) is 50.2 Å². The summed E-state index contributed by atoms with van der Waals surface area (Å²) >= 11 is 1.60. The van der Waals surface area contributed by atoms with Gasteiger partial charge < -0.3 is 9.80 Å². The number of carbonyl (C=O) groups is 1. The molecule has 1 aromatic heterocycles. The number of unbranched alkanes of at least 4 members (excludes halogenated alkanes) is 1. The molecule has 3 aromatic rings. The maximum absolute atomic E-state index is 12.4. The minimum Gasteiger partial charge on any atom is -0.353 e. The summed E-state index contributed by atoms with van der Waals surface area (Å²) in [6.07, 6.45) is 2.20. The summed E-state index contributed by atoms with van der Waals surface area (Å²) in [6.45, 7) is 6.98. The van der Waals surface area contributed by atoms with Crippen molar-refractivity contribution in [3.05, 3.63) is 59.7 Å². The Kier molecular flexibility index (Phi) is 6.56. The van der Waals surface area contributed by atoms with Crippen molar-refractivity contribution in [3.8, 4) is 0 Å². The molecule has 0 aliphatic carbocycles. The predicted octanol–water partition coefficient (Wildman–Crippen LogP) is 4.28. The number of fused-ring (bicyclic) bond motifs is 2. The molecule has 0 N–H and O–H groups in total. The van der Waals surface area contributed by atoms with Crippen molar-refractivity contribution in [3.63, 3.8) is 0 Å². The van der Waals surface area contributed by atoms with Gasteiger partial charge in [0.1, 0.15) is 5.82 Å². The third-order valence-electron chi connectivity index (χ3n) is 6.08. The molecule has 5 nitrogen and oxygen atoms in total. The number of carbonyl (C=O) groups excluding carboxylic acids is 1. The lowest BCUT2D eigenvalue weighted by atomic mass is 10.1. The quantitative estimate of drug-likeness (QED) is 0.534. The molecule has 158 valence electrons. The van der Waals surface area contributed by atoms with Crippen molar-refractivity contribution in [1.82, 2.24) is 14.2 Å². The van der Waals surface area contributed by atoms with E-state index >= 15 is 0 Å². The van der Waals surface area contributed by atoms with Crippen LogP contribution in [0.15, 0.2) is 48.5 Å². The van der Waals surface area contributed by atoms with E-state index in [1.807, 2.05) is 23.1 Å². The molecule has 0 spiro atoms. The van der Waals surface area contributed by atoms with E-state index in [2.05, 4.69) is 40.1 Å². The van der Waals surface area contributed by atoms with Gasteiger partial charge in [-0.2, -0.15) is 4.37 Å². The van der Waals surface area contributed by atoms with Gasteiger partial charge in [0.2, 0.25) is 0 Å². The largest absolute Gasteiger partial charge is 0.353 e. The zero-order valence-electron chi connectivity index (χ0n) is 17.0. The average Bonchev–Trinajstić information content (AvgIpc) is 3.33. The molecule has 0 radical (unpaired) electrons. The number of aromatic nitrogens is 1. The molecule has 1 fully saturated rings. The molecular weight excluding hydrogens is 416 g/mol. The van der Waals surface area contributed by atoms with Gasteiger partial charge in [-0.1, -0.05) is 30.3 Å². The van der Waals surface area contributed by atoms with Crippen LogP contribution in [0, 0.1) is 0 Å². The Hall–Kier alpha value is -2.15. The van der Waals surface area contributed by atoms with E-state index in [9.17, 15) is 4.79 Å². The van der Waals surface area contributed by atoms with E-state index in [4.69, 9.17) is 4.37 Å². The molecule has 5 rings (SSSR count). The molecule has 0 atom stereocenters. The normalized spacial score (nSPS) is 16.7. The third kappa shape index (κ3) is 4.17. The van der Waals surface area contributed by atoms with Crippen molar-refractivity contribution < 1.29 is 4.79 Å². The minimum atomic E-state index is 0. The van der Waals surface area contributed by atoms with Crippen LogP contribution in [0.4, 0.5) is 5.82 Å². The van der Waals surface area contributed by atoms with Gasteiger partial charge in [0.05, 0.1) is 4.70 Å². The van der Waals surface area contributed by atoms with E-state index in [0.717, 1.165) is 70.0 Å². The van der Waals surface area contributed by atoms with Gasteiger partial charge in [-0.15, -0.1) is 12.4 Å². The number of halogens is 1. The summed E-state index contributed by atoms with van der Waals surface area (Å²) in [6, 6.07) is 16.5. The summed E-state index contributed by atoms with van der Waals surface area (Å²) in [7, 11) is 0. The fourth-order valence-electron chi connectivity index (χ4n) is 4.42. The van der Waals surface area contributed by atoms with Crippen molar-refractivity contribution in [2.75, 3.05) is 44.2 Å².